The fourth-order valence-corrected chi connectivity index (χ4v) is 0.786. The summed E-state index contributed by atoms with van der Waals surface area (Å²) in [5, 5.41) is 0. The van der Waals surface area contributed by atoms with Gasteiger partial charge >= 0.3 is 0 Å². The predicted molar refractivity (Wildman–Crippen MR) is 59.3 cm³/mol. The van der Waals surface area contributed by atoms with E-state index in [-0.39, 0.29) is 41.1 Å². The van der Waals surface area contributed by atoms with Gasteiger partial charge < -0.3 is 0 Å². The molecule has 0 aromatic heterocycles. The van der Waals surface area contributed by atoms with Crippen LogP contribution < -0.4 is 0 Å². The van der Waals surface area contributed by atoms with Crippen LogP contribution in [0.1, 0.15) is 27.7 Å². The Morgan fingerprint density at radius 1 is 0.538 bits per heavy atom. The van der Waals surface area contributed by atoms with E-state index in [1.165, 1.54) is 0 Å². The van der Waals surface area contributed by atoms with E-state index >= 15 is 0 Å². The van der Waals surface area contributed by atoms with Crippen LogP contribution in [-0.4, -0.2) is 0 Å². The first-order valence-electron chi connectivity index (χ1n) is 3.63. The van der Waals surface area contributed by atoms with Crippen LogP contribution in [0, 0.1) is 0 Å². The molecule has 0 saturated carbocycles. The molecule has 0 amide bonds. The molecule has 0 unspecified atom stereocenters. The summed E-state index contributed by atoms with van der Waals surface area (Å²) in [5.74, 6) is 0. The van der Waals surface area contributed by atoms with Crippen molar-refractivity contribution in [1.82, 2.24) is 0 Å². The van der Waals surface area contributed by atoms with Crippen LogP contribution in [-0.2, 0) is 26.2 Å². The van der Waals surface area contributed by atoms with Gasteiger partial charge in [0.25, 0.3) is 0 Å². The SMILES string of the molecule is C.C.C1=CCC=C1.C1=CCC=C1.[Zr]. The summed E-state index contributed by atoms with van der Waals surface area (Å²) in [4.78, 5) is 0. The normalized spacial score (nSPS) is 13.5. The number of hydrogen-bond acceptors (Lipinski definition) is 0. The summed E-state index contributed by atoms with van der Waals surface area (Å²) in [6, 6.07) is 0. The molecule has 0 aromatic rings. The van der Waals surface area contributed by atoms with Gasteiger partial charge in [-0.25, -0.2) is 0 Å². The van der Waals surface area contributed by atoms with E-state index in [0.29, 0.717) is 0 Å². The first-order chi connectivity index (χ1) is 5.00. The molecule has 0 atom stereocenters. The first-order valence-corrected chi connectivity index (χ1v) is 3.63. The van der Waals surface area contributed by atoms with Crippen molar-refractivity contribution in [2.75, 3.05) is 0 Å². The van der Waals surface area contributed by atoms with Crippen LogP contribution in [0.25, 0.3) is 0 Å². The molecule has 0 saturated heterocycles. The zero-order chi connectivity index (χ0) is 7.07. The molecular formula is C12H20Zr. The third-order valence-corrected chi connectivity index (χ3v) is 1.31. The zero-order valence-corrected chi connectivity index (χ0v) is 8.99. The van der Waals surface area contributed by atoms with Crippen molar-refractivity contribution < 1.29 is 26.2 Å². The third kappa shape index (κ3) is 11.8. The van der Waals surface area contributed by atoms with Gasteiger partial charge in [-0.3, -0.25) is 0 Å². The van der Waals surface area contributed by atoms with E-state index in [2.05, 4.69) is 48.6 Å². The second-order valence-corrected chi connectivity index (χ2v) is 2.18. The first kappa shape index (κ1) is 18.6. The van der Waals surface area contributed by atoms with Crippen molar-refractivity contribution in [1.29, 1.82) is 0 Å². The Labute approximate surface area is 102 Å². The van der Waals surface area contributed by atoms with Crippen molar-refractivity contribution in [3.05, 3.63) is 48.6 Å². The number of hydrogen-bond donors (Lipinski definition) is 0. The molecule has 0 fully saturated rings. The Kier molecular flexibility index (Phi) is 20.6. The van der Waals surface area contributed by atoms with Crippen LogP contribution in [0.4, 0.5) is 0 Å². The molecule has 2 rings (SSSR count). The Morgan fingerprint density at radius 3 is 0.846 bits per heavy atom. The predicted octanol–water partition coefficient (Wildman–Crippen LogP) is 4.27. The van der Waals surface area contributed by atoms with Gasteiger partial charge in [0.1, 0.15) is 0 Å². The zero-order valence-electron chi connectivity index (χ0n) is 6.53. The summed E-state index contributed by atoms with van der Waals surface area (Å²) in [6.07, 6.45) is 19.0. The summed E-state index contributed by atoms with van der Waals surface area (Å²) in [7, 11) is 0. The Hall–Kier alpha value is -0.157. The van der Waals surface area contributed by atoms with Crippen LogP contribution >= 0.6 is 0 Å². The third-order valence-electron chi connectivity index (χ3n) is 1.31. The van der Waals surface area contributed by atoms with Crippen molar-refractivity contribution in [2.45, 2.75) is 27.7 Å². The second kappa shape index (κ2) is 14.4. The fraction of sp³-hybridized carbons (Fsp3) is 0.333. The Balaban J connectivity index is -0.000000125. The molecule has 2 aliphatic rings. The van der Waals surface area contributed by atoms with Crippen molar-refractivity contribution in [3.8, 4) is 0 Å². The van der Waals surface area contributed by atoms with E-state index < -0.39 is 0 Å². The largest absolute Gasteiger partial charge is 0.0808 e. The van der Waals surface area contributed by atoms with Gasteiger partial charge in [-0.05, 0) is 12.8 Å². The number of allylic oxidation sites excluding steroid dienone is 8. The molecule has 2 aliphatic carbocycles. The topological polar surface area (TPSA) is 0 Å². The van der Waals surface area contributed by atoms with Gasteiger partial charge in [0, 0.05) is 26.2 Å². The maximum atomic E-state index is 2.12. The van der Waals surface area contributed by atoms with Crippen LogP contribution in [0.3, 0.4) is 0 Å². The summed E-state index contributed by atoms with van der Waals surface area (Å²) < 4.78 is 0. The van der Waals surface area contributed by atoms with E-state index in [9.17, 15) is 0 Å². The van der Waals surface area contributed by atoms with Crippen molar-refractivity contribution in [3.63, 3.8) is 0 Å². The van der Waals surface area contributed by atoms with Crippen molar-refractivity contribution >= 4 is 0 Å². The van der Waals surface area contributed by atoms with E-state index in [1.54, 1.807) is 0 Å². The summed E-state index contributed by atoms with van der Waals surface area (Å²) in [6.45, 7) is 0. The Morgan fingerprint density at radius 2 is 0.769 bits per heavy atom. The molecule has 0 nitrogen and oxygen atoms in total. The molecule has 1 heteroatoms. The van der Waals surface area contributed by atoms with Gasteiger partial charge in [-0.15, -0.1) is 0 Å². The summed E-state index contributed by atoms with van der Waals surface area (Å²) in [5.41, 5.74) is 0. The maximum absolute atomic E-state index is 2.12. The van der Waals surface area contributed by atoms with E-state index in [0.717, 1.165) is 12.8 Å². The summed E-state index contributed by atoms with van der Waals surface area (Å²) >= 11 is 0. The quantitative estimate of drug-likeness (QED) is 0.606. The van der Waals surface area contributed by atoms with Gasteiger partial charge in [0.15, 0.2) is 0 Å². The molecular weight excluding hydrogens is 235 g/mol. The second-order valence-electron chi connectivity index (χ2n) is 2.18. The van der Waals surface area contributed by atoms with Gasteiger partial charge in [0.05, 0.1) is 0 Å². The molecule has 72 valence electrons. The average molecular weight is 256 g/mol. The molecule has 0 spiro atoms. The van der Waals surface area contributed by atoms with Gasteiger partial charge in [-0.1, -0.05) is 63.5 Å². The number of rotatable bonds is 0. The molecule has 0 aromatic carbocycles. The minimum Gasteiger partial charge on any atom is -0.0808 e. The van der Waals surface area contributed by atoms with Crippen LogP contribution in [0.15, 0.2) is 48.6 Å². The Bertz CT molecular complexity index is 143. The monoisotopic (exact) mass is 254 g/mol. The maximum Gasteiger partial charge on any atom is 0 e. The van der Waals surface area contributed by atoms with Crippen LogP contribution in [0.2, 0.25) is 0 Å². The standard InChI is InChI=1S/2C5H6.2CH4.Zr/c2*1-2-4-5-3-1;;;/h2*1-4H,5H2;2*1H4;. The minimum atomic E-state index is 0. The van der Waals surface area contributed by atoms with Crippen molar-refractivity contribution in [2.24, 2.45) is 0 Å². The minimum absolute atomic E-state index is 0. The van der Waals surface area contributed by atoms with Gasteiger partial charge in [-0.2, -0.15) is 0 Å². The molecule has 0 bridgehead atoms. The van der Waals surface area contributed by atoms with Crippen LogP contribution in [0.5, 0.6) is 0 Å². The molecule has 0 N–H and O–H groups in total. The molecule has 0 heterocycles. The fourth-order valence-electron chi connectivity index (χ4n) is 0.786. The van der Waals surface area contributed by atoms with Gasteiger partial charge in [0.2, 0.25) is 0 Å². The smallest absolute Gasteiger partial charge is 0 e. The molecule has 0 radical (unpaired) electrons. The van der Waals surface area contributed by atoms with E-state index in [1.807, 2.05) is 0 Å². The van der Waals surface area contributed by atoms with E-state index in [4.69, 9.17) is 0 Å². The molecule has 0 aliphatic heterocycles. The average Bonchev–Trinajstić information content (AvgIpc) is 2.67. The molecule has 13 heavy (non-hydrogen) atoms.